The van der Waals surface area contributed by atoms with Gasteiger partial charge in [0.25, 0.3) is 0 Å². The van der Waals surface area contributed by atoms with Crippen molar-refractivity contribution in [3.63, 3.8) is 0 Å². The zero-order valence-electron chi connectivity index (χ0n) is 9.32. The standard InChI is InChI=1S/C9H20N2O2S2/c1-8-9(4-3-7-14-8)10-5-6-11-15(2,12)13/h8-11H,3-7H2,1-2H3. The first-order valence-corrected chi connectivity index (χ1v) is 8.22. The van der Waals surface area contributed by atoms with E-state index in [1.807, 2.05) is 11.8 Å². The molecule has 0 bridgehead atoms. The van der Waals surface area contributed by atoms with E-state index in [0.29, 0.717) is 24.4 Å². The number of thioether (sulfide) groups is 1. The van der Waals surface area contributed by atoms with Crippen LogP contribution < -0.4 is 10.0 Å². The van der Waals surface area contributed by atoms with E-state index in [2.05, 4.69) is 17.0 Å². The van der Waals surface area contributed by atoms with Crippen LogP contribution in [0.2, 0.25) is 0 Å². The van der Waals surface area contributed by atoms with E-state index < -0.39 is 10.0 Å². The van der Waals surface area contributed by atoms with E-state index in [1.54, 1.807) is 0 Å². The number of hydrogen-bond acceptors (Lipinski definition) is 4. The molecule has 2 atom stereocenters. The molecule has 0 aromatic heterocycles. The lowest BCUT2D eigenvalue weighted by Gasteiger charge is -2.29. The first-order chi connectivity index (χ1) is 6.99. The minimum absolute atomic E-state index is 0.479. The van der Waals surface area contributed by atoms with Crippen LogP contribution in [0.15, 0.2) is 0 Å². The van der Waals surface area contributed by atoms with Crippen molar-refractivity contribution >= 4 is 21.8 Å². The van der Waals surface area contributed by atoms with Gasteiger partial charge >= 0.3 is 0 Å². The van der Waals surface area contributed by atoms with Crippen molar-refractivity contribution in [1.29, 1.82) is 0 Å². The summed E-state index contributed by atoms with van der Waals surface area (Å²) in [5, 5.41) is 4.03. The summed E-state index contributed by atoms with van der Waals surface area (Å²) >= 11 is 1.99. The van der Waals surface area contributed by atoms with Crippen molar-refractivity contribution in [2.75, 3.05) is 25.1 Å². The van der Waals surface area contributed by atoms with Gasteiger partial charge in [0.05, 0.1) is 6.26 Å². The lowest BCUT2D eigenvalue weighted by molar-refractivity contribution is 0.464. The van der Waals surface area contributed by atoms with Crippen LogP contribution in [-0.4, -0.2) is 44.8 Å². The Hall–Kier alpha value is 0.220. The molecule has 0 radical (unpaired) electrons. The summed E-state index contributed by atoms with van der Waals surface area (Å²) in [7, 11) is -3.04. The zero-order valence-corrected chi connectivity index (χ0v) is 11.0. The number of sulfonamides is 1. The predicted octanol–water partition coefficient (Wildman–Crippen LogP) is 0.409. The zero-order chi connectivity index (χ0) is 11.3. The third-order valence-corrected chi connectivity index (χ3v) is 4.61. The molecule has 1 aliphatic rings. The highest BCUT2D eigenvalue weighted by Gasteiger charge is 2.20. The highest BCUT2D eigenvalue weighted by atomic mass is 32.2. The summed E-state index contributed by atoms with van der Waals surface area (Å²) in [6, 6.07) is 0.533. The Morgan fingerprint density at radius 2 is 2.13 bits per heavy atom. The first kappa shape index (κ1) is 13.3. The Balaban J connectivity index is 2.14. The van der Waals surface area contributed by atoms with Crippen molar-refractivity contribution in [1.82, 2.24) is 10.0 Å². The smallest absolute Gasteiger partial charge is 0.208 e. The number of rotatable bonds is 5. The predicted molar refractivity (Wildman–Crippen MR) is 65.8 cm³/mol. The molecule has 1 rings (SSSR count). The number of nitrogens with one attached hydrogen (secondary N) is 2. The average molecular weight is 252 g/mol. The second-order valence-electron chi connectivity index (χ2n) is 3.95. The van der Waals surface area contributed by atoms with Gasteiger partial charge in [0.15, 0.2) is 0 Å². The van der Waals surface area contributed by atoms with Crippen LogP contribution in [0.5, 0.6) is 0 Å². The van der Waals surface area contributed by atoms with Crippen LogP contribution in [0, 0.1) is 0 Å². The van der Waals surface area contributed by atoms with Gasteiger partial charge in [-0.2, -0.15) is 11.8 Å². The quantitative estimate of drug-likeness (QED) is 0.696. The van der Waals surface area contributed by atoms with Crippen molar-refractivity contribution < 1.29 is 8.42 Å². The van der Waals surface area contributed by atoms with Crippen LogP contribution >= 0.6 is 11.8 Å². The topological polar surface area (TPSA) is 58.2 Å². The van der Waals surface area contributed by atoms with E-state index in [4.69, 9.17) is 0 Å². The Kier molecular flexibility index (Phi) is 5.38. The van der Waals surface area contributed by atoms with E-state index in [1.165, 1.54) is 24.9 Å². The van der Waals surface area contributed by atoms with Crippen LogP contribution in [0.4, 0.5) is 0 Å². The Morgan fingerprint density at radius 1 is 1.40 bits per heavy atom. The molecule has 15 heavy (non-hydrogen) atoms. The highest BCUT2D eigenvalue weighted by molar-refractivity contribution is 7.99. The lowest BCUT2D eigenvalue weighted by atomic mass is 10.1. The molecule has 90 valence electrons. The highest BCUT2D eigenvalue weighted by Crippen LogP contribution is 2.24. The maximum atomic E-state index is 10.8. The van der Waals surface area contributed by atoms with E-state index >= 15 is 0 Å². The lowest BCUT2D eigenvalue weighted by Crippen LogP contribution is -2.42. The summed E-state index contributed by atoms with van der Waals surface area (Å²) in [5.74, 6) is 1.25. The third-order valence-electron chi connectivity index (χ3n) is 2.50. The molecule has 0 aromatic carbocycles. The van der Waals surface area contributed by atoms with Crippen molar-refractivity contribution in [2.24, 2.45) is 0 Å². The molecule has 1 saturated heterocycles. The molecule has 0 amide bonds. The molecule has 2 N–H and O–H groups in total. The summed E-state index contributed by atoms with van der Waals surface area (Å²) < 4.78 is 24.1. The molecule has 2 unspecified atom stereocenters. The Labute approximate surface area is 96.6 Å². The van der Waals surface area contributed by atoms with E-state index in [-0.39, 0.29) is 0 Å². The second-order valence-corrected chi connectivity index (χ2v) is 7.26. The van der Waals surface area contributed by atoms with Crippen molar-refractivity contribution in [2.45, 2.75) is 31.1 Å². The third kappa shape index (κ3) is 5.75. The van der Waals surface area contributed by atoms with Crippen molar-refractivity contribution in [3.8, 4) is 0 Å². The maximum Gasteiger partial charge on any atom is 0.208 e. The van der Waals surface area contributed by atoms with E-state index in [0.717, 1.165) is 0 Å². The van der Waals surface area contributed by atoms with Crippen LogP contribution in [0.1, 0.15) is 19.8 Å². The van der Waals surface area contributed by atoms with Crippen LogP contribution in [-0.2, 0) is 10.0 Å². The van der Waals surface area contributed by atoms with Gasteiger partial charge in [-0.25, -0.2) is 13.1 Å². The van der Waals surface area contributed by atoms with Crippen LogP contribution in [0.25, 0.3) is 0 Å². The molecule has 0 saturated carbocycles. The molecule has 6 heteroatoms. The molecule has 0 spiro atoms. The molecule has 1 heterocycles. The summed E-state index contributed by atoms with van der Waals surface area (Å²) in [6.45, 7) is 3.42. The van der Waals surface area contributed by atoms with E-state index in [9.17, 15) is 8.42 Å². The van der Waals surface area contributed by atoms with Gasteiger partial charge in [-0.3, -0.25) is 0 Å². The molecule has 1 aliphatic heterocycles. The summed E-state index contributed by atoms with van der Waals surface area (Å²) in [5.41, 5.74) is 0. The molecule has 0 aromatic rings. The summed E-state index contributed by atoms with van der Waals surface area (Å²) in [4.78, 5) is 0. The van der Waals surface area contributed by atoms with Gasteiger partial charge < -0.3 is 5.32 Å². The summed E-state index contributed by atoms with van der Waals surface area (Å²) in [6.07, 6.45) is 3.64. The molecular weight excluding hydrogens is 232 g/mol. The average Bonchev–Trinajstić information content (AvgIpc) is 2.13. The van der Waals surface area contributed by atoms with Gasteiger partial charge in [-0.05, 0) is 18.6 Å². The van der Waals surface area contributed by atoms with Gasteiger partial charge in [0, 0.05) is 24.4 Å². The minimum atomic E-state index is -3.04. The SMILES string of the molecule is CC1SCCCC1NCCNS(C)(=O)=O. The van der Waals surface area contributed by atoms with Gasteiger partial charge in [-0.15, -0.1) is 0 Å². The monoisotopic (exact) mass is 252 g/mol. The normalized spacial score (nSPS) is 27.9. The molecule has 0 aliphatic carbocycles. The largest absolute Gasteiger partial charge is 0.312 e. The van der Waals surface area contributed by atoms with Crippen molar-refractivity contribution in [3.05, 3.63) is 0 Å². The van der Waals surface area contributed by atoms with Gasteiger partial charge in [0.1, 0.15) is 0 Å². The fourth-order valence-corrected chi connectivity index (χ4v) is 3.33. The second kappa shape index (κ2) is 6.08. The molecular formula is C9H20N2O2S2. The number of hydrogen-bond donors (Lipinski definition) is 2. The fourth-order valence-electron chi connectivity index (χ4n) is 1.69. The minimum Gasteiger partial charge on any atom is -0.312 e. The first-order valence-electron chi connectivity index (χ1n) is 5.28. The maximum absolute atomic E-state index is 10.8. The molecule has 1 fully saturated rings. The van der Waals surface area contributed by atoms with Crippen LogP contribution in [0.3, 0.4) is 0 Å². The fraction of sp³-hybridized carbons (Fsp3) is 1.00. The van der Waals surface area contributed by atoms with Gasteiger partial charge in [-0.1, -0.05) is 6.92 Å². The van der Waals surface area contributed by atoms with Gasteiger partial charge in [0.2, 0.25) is 10.0 Å². The Morgan fingerprint density at radius 3 is 2.73 bits per heavy atom. The molecule has 4 nitrogen and oxygen atoms in total. The Bertz CT molecular complexity index is 280.